The third kappa shape index (κ3) is 13.0. The highest BCUT2D eigenvalue weighted by Gasteiger charge is 2.52. The molecule has 0 bridgehead atoms. The number of rotatable bonds is 21. The van der Waals surface area contributed by atoms with Crippen LogP contribution in [0.1, 0.15) is 93.0 Å². The van der Waals surface area contributed by atoms with Gasteiger partial charge >= 0.3 is 6.18 Å². The molecule has 396 valence electrons. The zero-order chi connectivity index (χ0) is 54.3. The average molecular weight is 1070 g/mol. The van der Waals surface area contributed by atoms with Gasteiger partial charge in [0.25, 0.3) is 11.8 Å². The first kappa shape index (κ1) is 56.6. The number of amides is 4. The monoisotopic (exact) mass is 1070 g/mol. The number of carbonyl (C=O) groups excluding carboxylic acids is 4. The van der Waals surface area contributed by atoms with E-state index in [1.165, 1.54) is 42.0 Å². The summed E-state index contributed by atoms with van der Waals surface area (Å²) in [5.74, 6) is -4.65. The molecule has 0 radical (unpaired) electrons. The standard InChI is InChI=1S/C50H58F4N10O8S2/c1-28-40(74-27-60-28)30-12-10-29(11-13-30)23-58-43(67)36-21-33(65)25-62(36)45(68)41(48(2,3)4)61-37(56)26-71-18-9-17-70-16-7-8-19-72-44-34(42(57)66)20-32(24-59-44)64-47(73)63(46(69)49(64,5)6)35-15-14-31(22-55)38(39(35)51)50(52,53)54/h10-15,20,24,27,33,36,41,65H,7-9,16-19,21,23,25-26H2,1-6H3,(H2,56,61)(H2,57,66)(H,58,67)/t33-,36+,41-/m1/s1. The number of benzene rings is 2. The van der Waals surface area contributed by atoms with Gasteiger partial charge in [0.2, 0.25) is 17.7 Å². The zero-order valence-electron chi connectivity index (χ0n) is 41.6. The summed E-state index contributed by atoms with van der Waals surface area (Å²) in [7, 11) is 0. The minimum absolute atomic E-state index is 0.0228. The highest BCUT2D eigenvalue weighted by atomic mass is 32.1. The van der Waals surface area contributed by atoms with Crippen LogP contribution in [-0.2, 0) is 36.6 Å². The number of halogens is 4. The molecule has 6 rings (SSSR count). The van der Waals surface area contributed by atoms with E-state index in [4.69, 9.17) is 37.6 Å². The van der Waals surface area contributed by atoms with Gasteiger partial charge in [-0.3, -0.25) is 29.5 Å². The molecule has 2 aromatic heterocycles. The number of primary amides is 1. The first-order valence-corrected chi connectivity index (χ1v) is 24.8. The number of unbranched alkanes of at least 4 members (excludes halogenated alkanes) is 1. The average Bonchev–Trinajstić information content (AvgIpc) is 4.00. The van der Waals surface area contributed by atoms with E-state index in [1.807, 2.05) is 52.0 Å². The molecule has 18 nitrogen and oxygen atoms in total. The summed E-state index contributed by atoms with van der Waals surface area (Å²) >= 11 is 7.04. The first-order valence-electron chi connectivity index (χ1n) is 23.5. The molecular weight excluding hydrogens is 1010 g/mol. The van der Waals surface area contributed by atoms with Gasteiger partial charge in [0.1, 0.15) is 41.2 Å². The van der Waals surface area contributed by atoms with Crippen LogP contribution < -0.4 is 30.9 Å². The van der Waals surface area contributed by atoms with Gasteiger partial charge in [-0.2, -0.15) is 18.4 Å². The second kappa shape index (κ2) is 23.7. The number of aromatic nitrogens is 2. The molecule has 4 heterocycles. The number of alkyl halides is 3. The Labute approximate surface area is 434 Å². The van der Waals surface area contributed by atoms with Gasteiger partial charge in [-0.25, -0.2) is 14.4 Å². The largest absolute Gasteiger partial charge is 0.477 e. The van der Waals surface area contributed by atoms with Crippen LogP contribution in [0.5, 0.6) is 5.88 Å². The second-order valence-corrected chi connectivity index (χ2v) is 20.5. The van der Waals surface area contributed by atoms with Gasteiger partial charge < -0.3 is 45.5 Å². The number of hydrogen-bond donors (Lipinski definition) is 5. The number of pyridine rings is 1. The molecule has 2 fully saturated rings. The highest BCUT2D eigenvalue weighted by molar-refractivity contribution is 7.81. The van der Waals surface area contributed by atoms with E-state index in [0.29, 0.717) is 37.4 Å². The second-order valence-electron chi connectivity index (χ2n) is 19.2. The fourth-order valence-electron chi connectivity index (χ4n) is 8.41. The Hall–Kier alpha value is -6.65. The molecule has 4 aromatic rings. The van der Waals surface area contributed by atoms with Crippen LogP contribution in [-0.4, -0.2) is 118 Å². The molecule has 4 amide bonds. The van der Waals surface area contributed by atoms with Gasteiger partial charge in [-0.05, 0) is 87.0 Å². The Balaban J connectivity index is 0.911. The molecule has 2 aromatic carbocycles. The number of aliphatic hydroxyl groups is 1. The van der Waals surface area contributed by atoms with E-state index in [9.17, 15) is 42.7 Å². The van der Waals surface area contributed by atoms with Crippen LogP contribution in [0.3, 0.4) is 0 Å². The molecule has 2 saturated heterocycles. The van der Waals surface area contributed by atoms with Crippen molar-refractivity contribution in [2.24, 2.45) is 11.1 Å². The number of ether oxygens (including phenoxy) is 3. The number of nitrogens with one attached hydrogen (secondary N) is 3. The number of aryl methyl sites for hydroxylation is 1. The van der Waals surface area contributed by atoms with Crippen molar-refractivity contribution in [3.8, 4) is 22.4 Å². The Morgan fingerprint density at radius 1 is 1.05 bits per heavy atom. The lowest BCUT2D eigenvalue weighted by Crippen LogP contribution is -2.58. The summed E-state index contributed by atoms with van der Waals surface area (Å²) in [6.45, 7) is 11.4. The number of nitriles is 1. The van der Waals surface area contributed by atoms with Crippen molar-refractivity contribution in [1.29, 1.82) is 10.7 Å². The molecule has 6 N–H and O–H groups in total. The minimum atomic E-state index is -5.25. The number of nitrogens with two attached hydrogens (primary N) is 1. The van der Waals surface area contributed by atoms with E-state index in [2.05, 4.69) is 20.6 Å². The van der Waals surface area contributed by atoms with E-state index in [1.54, 1.807) is 16.8 Å². The zero-order valence-corrected chi connectivity index (χ0v) is 43.2. The highest BCUT2D eigenvalue weighted by Crippen LogP contribution is 2.42. The molecule has 2 aliphatic heterocycles. The maximum atomic E-state index is 15.5. The number of thiazole rings is 1. The third-order valence-corrected chi connectivity index (χ3v) is 13.6. The van der Waals surface area contributed by atoms with Crippen molar-refractivity contribution < 1.29 is 56.1 Å². The SMILES string of the molecule is Cc1ncsc1-c1ccc(CNC(=O)[C@@H]2C[C@@H](O)CN2C(=O)[C@@H](NC(=N)COCCCOCCCCOc2ncc(N3C(=S)N(c4ccc(C#N)c(C(F)(F)F)c4F)C(=O)C3(C)C)cc2C(N)=O)C(C)(C)C)cc1. The van der Waals surface area contributed by atoms with Crippen molar-refractivity contribution in [2.75, 3.05) is 49.4 Å². The number of hydrogen-bond acceptors (Lipinski definition) is 14. The van der Waals surface area contributed by atoms with Crippen molar-refractivity contribution in [3.05, 3.63) is 87.9 Å². The lowest BCUT2D eigenvalue weighted by molar-refractivity contribution is -0.141. The molecular formula is C50H58F4N10O8S2. The van der Waals surface area contributed by atoms with Gasteiger partial charge in [0, 0.05) is 39.3 Å². The number of nitrogens with zero attached hydrogens (tertiary/aromatic N) is 6. The van der Waals surface area contributed by atoms with Crippen molar-refractivity contribution in [1.82, 2.24) is 25.5 Å². The maximum absolute atomic E-state index is 15.5. The lowest BCUT2D eigenvalue weighted by atomic mass is 9.85. The number of amidine groups is 1. The molecule has 0 aliphatic carbocycles. The molecule has 24 heteroatoms. The summed E-state index contributed by atoms with van der Waals surface area (Å²) < 4.78 is 74.0. The summed E-state index contributed by atoms with van der Waals surface area (Å²) in [6, 6.07) is 10.2. The van der Waals surface area contributed by atoms with E-state index in [-0.39, 0.29) is 68.2 Å². The minimum Gasteiger partial charge on any atom is -0.477 e. The predicted octanol–water partition coefficient (Wildman–Crippen LogP) is 6.40. The van der Waals surface area contributed by atoms with Crippen LogP contribution >= 0.6 is 23.6 Å². The van der Waals surface area contributed by atoms with Gasteiger partial charge in [-0.1, -0.05) is 45.0 Å². The van der Waals surface area contributed by atoms with E-state index in [0.717, 1.165) is 33.8 Å². The number of aliphatic hydroxyl groups excluding tert-OH is 1. The number of β-amino-alcohol motifs (C(OH)–C–C–N with tert-alkyl or cyclic N) is 1. The number of carbonyl (C=O) groups is 4. The van der Waals surface area contributed by atoms with Crippen molar-refractivity contribution in [2.45, 2.75) is 104 Å². The predicted molar refractivity (Wildman–Crippen MR) is 271 cm³/mol. The third-order valence-electron chi connectivity index (χ3n) is 12.3. The number of anilines is 2. The topological polar surface area (TPSA) is 249 Å². The summed E-state index contributed by atoms with van der Waals surface area (Å²) in [5.41, 5.74) is 4.24. The van der Waals surface area contributed by atoms with Crippen LogP contribution in [0.25, 0.3) is 10.4 Å². The Morgan fingerprint density at radius 3 is 2.36 bits per heavy atom. The quantitative estimate of drug-likeness (QED) is 0.0199. The van der Waals surface area contributed by atoms with Crippen molar-refractivity contribution >= 4 is 69.5 Å². The maximum Gasteiger partial charge on any atom is 0.420 e. The Kier molecular flexibility index (Phi) is 18.1. The molecule has 0 saturated carbocycles. The Morgan fingerprint density at radius 2 is 1.73 bits per heavy atom. The number of likely N-dealkylation sites (tertiary alicyclic amines) is 1. The van der Waals surface area contributed by atoms with E-state index >= 15 is 4.39 Å². The van der Waals surface area contributed by atoms with Crippen LogP contribution in [0, 0.1) is 34.9 Å². The normalized spacial score (nSPS) is 17.1. The summed E-state index contributed by atoms with van der Waals surface area (Å²) in [4.78, 5) is 66.4. The first-order chi connectivity index (χ1) is 34.9. The van der Waals surface area contributed by atoms with Crippen LogP contribution in [0.2, 0.25) is 0 Å². The molecule has 0 spiro atoms. The van der Waals surface area contributed by atoms with Gasteiger partial charge in [0.05, 0.1) is 58.0 Å². The van der Waals surface area contributed by atoms with E-state index < -0.39 is 80.8 Å². The van der Waals surface area contributed by atoms with Gasteiger partial charge in [0.15, 0.2) is 10.9 Å². The van der Waals surface area contributed by atoms with Crippen LogP contribution in [0.4, 0.5) is 28.9 Å². The fourth-order valence-corrected chi connectivity index (χ4v) is 9.74. The number of thiocarbonyl (C=S) groups is 1. The molecule has 0 unspecified atom stereocenters. The fraction of sp³-hybridized carbons (Fsp3) is 0.460. The Bertz CT molecular complexity index is 2800. The summed E-state index contributed by atoms with van der Waals surface area (Å²) in [5, 5.41) is 33.8. The molecule has 2 aliphatic rings. The smallest absolute Gasteiger partial charge is 0.420 e. The van der Waals surface area contributed by atoms with Crippen LogP contribution in [0.15, 0.2) is 54.2 Å². The molecule has 74 heavy (non-hydrogen) atoms. The summed E-state index contributed by atoms with van der Waals surface area (Å²) in [6.07, 6.45) is -3.31. The van der Waals surface area contributed by atoms with Crippen molar-refractivity contribution in [3.63, 3.8) is 0 Å². The lowest BCUT2D eigenvalue weighted by Gasteiger charge is -2.36. The van der Waals surface area contributed by atoms with Gasteiger partial charge in [-0.15, -0.1) is 11.3 Å². The molecule has 3 atom stereocenters.